The fourth-order valence-corrected chi connectivity index (χ4v) is 8.72. The van der Waals surface area contributed by atoms with Gasteiger partial charge in [-0.15, -0.1) is 11.3 Å². The zero-order valence-electron chi connectivity index (χ0n) is 23.6. The lowest BCUT2D eigenvalue weighted by molar-refractivity contribution is -0.145. The highest BCUT2D eigenvalue weighted by atomic mass is 32.2. The second-order valence-corrected chi connectivity index (χ2v) is 13.5. The molecule has 3 heterocycles. The van der Waals surface area contributed by atoms with E-state index >= 15 is 0 Å². The van der Waals surface area contributed by atoms with Crippen molar-refractivity contribution in [3.8, 4) is 16.5 Å². The predicted molar refractivity (Wildman–Crippen MR) is 154 cm³/mol. The van der Waals surface area contributed by atoms with Crippen LogP contribution >= 0.6 is 11.3 Å². The van der Waals surface area contributed by atoms with Crippen LogP contribution in [0.5, 0.6) is 5.75 Å². The Morgan fingerprint density at radius 1 is 1.24 bits per heavy atom. The smallest absolute Gasteiger partial charge is 0.330 e. The minimum atomic E-state index is -4.74. The second-order valence-electron chi connectivity index (χ2n) is 10.8. The van der Waals surface area contributed by atoms with Crippen LogP contribution in [0.15, 0.2) is 41.1 Å². The summed E-state index contributed by atoms with van der Waals surface area (Å²) in [5.41, 5.74) is -1.05. The van der Waals surface area contributed by atoms with Crippen LogP contribution < -0.4 is 9.04 Å². The summed E-state index contributed by atoms with van der Waals surface area (Å²) in [4.78, 5) is 30.8. The Hall–Kier alpha value is -3.46. The molecular formula is C28H33N3O9S2. The predicted octanol–water partition coefficient (Wildman–Crippen LogP) is 4.15. The molecular weight excluding hydrogens is 586 g/mol. The van der Waals surface area contributed by atoms with Gasteiger partial charge in [-0.1, -0.05) is 18.2 Å². The molecule has 1 atom stereocenters. The van der Waals surface area contributed by atoms with E-state index in [4.69, 9.17) is 13.9 Å². The van der Waals surface area contributed by atoms with Gasteiger partial charge in [0, 0.05) is 5.56 Å². The maximum absolute atomic E-state index is 14.3. The summed E-state index contributed by atoms with van der Waals surface area (Å²) in [6.45, 7) is 3.72. The summed E-state index contributed by atoms with van der Waals surface area (Å²) in [7, 11) is -3.24. The van der Waals surface area contributed by atoms with Gasteiger partial charge in [0.15, 0.2) is 5.54 Å². The molecule has 2 aromatic heterocycles. The van der Waals surface area contributed by atoms with Gasteiger partial charge in [0.2, 0.25) is 5.89 Å². The van der Waals surface area contributed by atoms with E-state index < -0.39 is 39.8 Å². The number of hydrogen-bond acceptors (Lipinski definition) is 10. The Morgan fingerprint density at radius 3 is 2.55 bits per heavy atom. The molecule has 1 fully saturated rings. The third kappa shape index (κ3) is 5.16. The molecule has 12 nitrogen and oxygen atoms in total. The number of carboxylic acid groups (broad SMARTS) is 1. The average molecular weight is 620 g/mol. The van der Waals surface area contributed by atoms with E-state index in [0.717, 1.165) is 15.6 Å². The number of carbonyl (C=O) groups is 2. The third-order valence-electron chi connectivity index (χ3n) is 7.74. The molecule has 1 aromatic carbocycles. The van der Waals surface area contributed by atoms with Gasteiger partial charge in [-0.2, -0.15) is 8.42 Å². The summed E-state index contributed by atoms with van der Waals surface area (Å²) < 4.78 is 47.7. The standard InChI is InChI=1S/C28H33N3O9S2/c1-16-22-25(33)31(28(2,3)27(34)35)42(36,37)30(26(22)41-23(16)24-29-13-14-39-24)15-21(19-7-5-6-8-20(19)38-4)40-18-11-9-17(32)10-12-18/h5-8,13-14,17-18,21,32H,9-12,15H2,1-4H3,(H,34,35)/t17-,18+,21-/m0/s1. The number of fused-ring (bicyclic) bond motifs is 1. The van der Waals surface area contributed by atoms with Crippen LogP contribution in [0.2, 0.25) is 0 Å². The molecule has 1 saturated carbocycles. The van der Waals surface area contributed by atoms with E-state index in [9.17, 15) is 28.2 Å². The molecule has 2 aliphatic rings. The summed E-state index contributed by atoms with van der Waals surface area (Å²) >= 11 is 1.02. The summed E-state index contributed by atoms with van der Waals surface area (Å²) in [6, 6.07) is 7.09. The highest BCUT2D eigenvalue weighted by Gasteiger charge is 2.54. The van der Waals surface area contributed by atoms with Crippen molar-refractivity contribution in [1.29, 1.82) is 0 Å². The lowest BCUT2D eigenvalue weighted by atomic mass is 9.94. The topological polar surface area (TPSA) is 160 Å². The minimum Gasteiger partial charge on any atom is -0.496 e. The molecule has 0 saturated heterocycles. The number of anilines is 1. The zero-order chi connectivity index (χ0) is 30.4. The van der Waals surface area contributed by atoms with E-state index in [1.807, 2.05) is 0 Å². The molecule has 226 valence electrons. The lowest BCUT2D eigenvalue weighted by Crippen LogP contribution is -2.62. The number of carboxylic acids is 1. The summed E-state index contributed by atoms with van der Waals surface area (Å²) in [6.07, 6.45) is 3.52. The number of thiophene rings is 1. The van der Waals surface area contributed by atoms with E-state index in [1.54, 1.807) is 31.2 Å². The van der Waals surface area contributed by atoms with E-state index in [-0.39, 0.29) is 29.1 Å². The SMILES string of the molecule is COc1ccccc1[C@H](CN1c2sc(-c3ncco3)c(C)c2C(=O)N(C(C)(C)C(=O)O)S1(=O)=O)O[C@H]1CC[C@@H](O)CC1. The Morgan fingerprint density at radius 2 is 1.93 bits per heavy atom. The molecule has 14 heteroatoms. The van der Waals surface area contributed by atoms with E-state index in [1.165, 1.54) is 33.4 Å². The summed E-state index contributed by atoms with van der Waals surface area (Å²) in [5.74, 6) is -1.74. The van der Waals surface area contributed by atoms with Crippen molar-refractivity contribution in [3.05, 3.63) is 53.4 Å². The van der Waals surface area contributed by atoms with Gasteiger partial charge in [0.25, 0.3) is 5.91 Å². The monoisotopic (exact) mass is 619 g/mol. The van der Waals surface area contributed by atoms with Crippen molar-refractivity contribution >= 4 is 38.4 Å². The van der Waals surface area contributed by atoms with Crippen molar-refractivity contribution < 1.29 is 42.1 Å². The van der Waals surface area contributed by atoms with Crippen molar-refractivity contribution in [1.82, 2.24) is 9.29 Å². The van der Waals surface area contributed by atoms with Gasteiger partial charge in [0.1, 0.15) is 23.1 Å². The van der Waals surface area contributed by atoms with Crippen LogP contribution in [0.1, 0.15) is 67.1 Å². The van der Waals surface area contributed by atoms with Crippen LogP contribution in [0, 0.1) is 6.92 Å². The molecule has 1 amide bonds. The number of ether oxygens (including phenoxy) is 2. The number of aliphatic carboxylic acids is 1. The molecule has 0 spiro atoms. The van der Waals surface area contributed by atoms with Crippen molar-refractivity contribution in [2.24, 2.45) is 0 Å². The molecule has 0 radical (unpaired) electrons. The van der Waals surface area contributed by atoms with Crippen LogP contribution in [-0.2, 0) is 19.7 Å². The lowest BCUT2D eigenvalue weighted by Gasteiger charge is -2.42. The maximum atomic E-state index is 14.3. The van der Waals surface area contributed by atoms with Gasteiger partial charge < -0.3 is 24.1 Å². The average Bonchev–Trinajstić information content (AvgIpc) is 3.59. The largest absolute Gasteiger partial charge is 0.496 e. The molecule has 42 heavy (non-hydrogen) atoms. The molecule has 2 N–H and O–H groups in total. The number of benzene rings is 1. The number of aliphatic hydroxyl groups excluding tert-OH is 1. The van der Waals surface area contributed by atoms with Crippen molar-refractivity contribution in [2.45, 2.75) is 70.3 Å². The molecule has 1 aliphatic heterocycles. The highest BCUT2D eigenvalue weighted by molar-refractivity contribution is 7.91. The molecule has 1 aliphatic carbocycles. The minimum absolute atomic E-state index is 0.0527. The molecule has 5 rings (SSSR count). The fourth-order valence-electron chi connectivity index (χ4n) is 5.39. The Bertz CT molecular complexity index is 1580. The van der Waals surface area contributed by atoms with Crippen LogP contribution in [0.4, 0.5) is 5.00 Å². The summed E-state index contributed by atoms with van der Waals surface area (Å²) in [5, 5.41) is 20.1. The number of para-hydroxylation sites is 1. The molecule has 0 unspecified atom stereocenters. The van der Waals surface area contributed by atoms with Crippen molar-refractivity contribution in [3.63, 3.8) is 0 Å². The van der Waals surface area contributed by atoms with Gasteiger partial charge >= 0.3 is 16.2 Å². The van der Waals surface area contributed by atoms with E-state index in [0.29, 0.717) is 51.7 Å². The van der Waals surface area contributed by atoms with Gasteiger partial charge in [-0.05, 0) is 58.1 Å². The fraction of sp³-hybridized carbons (Fsp3) is 0.464. The number of nitrogens with zero attached hydrogens (tertiary/aromatic N) is 3. The molecule has 3 aromatic rings. The van der Waals surface area contributed by atoms with Crippen molar-refractivity contribution in [2.75, 3.05) is 18.0 Å². The Kier molecular flexibility index (Phi) is 8.09. The van der Waals surface area contributed by atoms with Gasteiger partial charge in [0.05, 0.1) is 42.5 Å². The first-order valence-corrected chi connectivity index (χ1v) is 15.7. The second kappa shape index (κ2) is 11.3. The Balaban J connectivity index is 1.67. The number of amides is 1. The first kappa shape index (κ1) is 30.0. The third-order valence-corrected chi connectivity index (χ3v) is 11.1. The number of aliphatic hydroxyl groups is 1. The molecule has 0 bridgehead atoms. The number of rotatable bonds is 9. The first-order valence-electron chi connectivity index (χ1n) is 13.5. The van der Waals surface area contributed by atoms with Crippen LogP contribution in [-0.4, -0.2) is 71.2 Å². The van der Waals surface area contributed by atoms with Gasteiger partial charge in [-0.25, -0.2) is 18.4 Å². The number of carbonyl (C=O) groups excluding carboxylic acids is 1. The number of hydrogen-bond donors (Lipinski definition) is 2. The van der Waals surface area contributed by atoms with Crippen LogP contribution in [0.25, 0.3) is 10.8 Å². The number of oxazole rings is 1. The highest BCUT2D eigenvalue weighted by Crippen LogP contribution is 2.48. The van der Waals surface area contributed by atoms with Crippen LogP contribution in [0.3, 0.4) is 0 Å². The first-order chi connectivity index (χ1) is 19.9. The van der Waals surface area contributed by atoms with E-state index in [2.05, 4.69) is 4.98 Å². The number of methoxy groups -OCH3 is 1. The number of aromatic nitrogens is 1. The quantitative estimate of drug-likeness (QED) is 0.356. The maximum Gasteiger partial charge on any atom is 0.330 e. The zero-order valence-corrected chi connectivity index (χ0v) is 25.3. The Labute approximate surface area is 247 Å². The normalized spacial score (nSPS) is 21.2. The van der Waals surface area contributed by atoms with Gasteiger partial charge in [-0.3, -0.25) is 4.79 Å².